The van der Waals surface area contributed by atoms with Gasteiger partial charge in [0.05, 0.1) is 0 Å². The summed E-state index contributed by atoms with van der Waals surface area (Å²) in [7, 11) is 1.67. The summed E-state index contributed by atoms with van der Waals surface area (Å²) in [6, 6.07) is -0.173. The topological polar surface area (TPSA) is 96.2 Å². The van der Waals surface area contributed by atoms with Crippen molar-refractivity contribution >= 4 is 17.5 Å². The first-order valence-corrected chi connectivity index (χ1v) is 7.44. The minimum absolute atomic E-state index is 0.0352. The van der Waals surface area contributed by atoms with Crippen LogP contribution in [0.25, 0.3) is 0 Å². The lowest BCUT2D eigenvalue weighted by atomic mass is 10.0. The van der Waals surface area contributed by atoms with Crippen LogP contribution in [0.1, 0.15) is 37.6 Å². The van der Waals surface area contributed by atoms with E-state index in [1.165, 1.54) is 0 Å². The second-order valence-electron chi connectivity index (χ2n) is 5.25. The SMILES string of the molecule is CCc1nc(NN)c(C)c(N2CCCCC2C(=O)NC)n1. The van der Waals surface area contributed by atoms with Gasteiger partial charge < -0.3 is 15.6 Å². The average Bonchev–Trinajstić information content (AvgIpc) is 2.54. The van der Waals surface area contributed by atoms with Gasteiger partial charge in [0.2, 0.25) is 5.91 Å². The Morgan fingerprint density at radius 2 is 2.19 bits per heavy atom. The van der Waals surface area contributed by atoms with E-state index in [1.807, 2.05) is 13.8 Å². The van der Waals surface area contributed by atoms with Gasteiger partial charge in [-0.15, -0.1) is 0 Å². The molecule has 1 aliphatic rings. The number of rotatable bonds is 4. The Morgan fingerprint density at radius 1 is 1.43 bits per heavy atom. The molecule has 21 heavy (non-hydrogen) atoms. The third-order valence-corrected chi connectivity index (χ3v) is 3.94. The zero-order chi connectivity index (χ0) is 15.4. The summed E-state index contributed by atoms with van der Waals surface area (Å²) in [4.78, 5) is 23.2. The molecule has 1 fully saturated rings. The molecular weight excluding hydrogens is 268 g/mol. The van der Waals surface area contributed by atoms with Gasteiger partial charge in [-0.3, -0.25) is 4.79 Å². The normalized spacial score (nSPS) is 18.5. The minimum atomic E-state index is -0.173. The number of carbonyl (C=O) groups is 1. The number of carbonyl (C=O) groups excluding carboxylic acids is 1. The molecule has 7 heteroatoms. The third kappa shape index (κ3) is 3.07. The van der Waals surface area contributed by atoms with Gasteiger partial charge in [0.15, 0.2) is 0 Å². The van der Waals surface area contributed by atoms with E-state index < -0.39 is 0 Å². The molecule has 1 unspecified atom stereocenters. The quantitative estimate of drug-likeness (QED) is 0.559. The number of nitrogen functional groups attached to an aromatic ring is 1. The number of hydrogen-bond donors (Lipinski definition) is 3. The molecule has 116 valence electrons. The number of anilines is 2. The summed E-state index contributed by atoms with van der Waals surface area (Å²) < 4.78 is 0. The molecule has 0 saturated carbocycles. The highest BCUT2D eigenvalue weighted by Gasteiger charge is 2.30. The highest BCUT2D eigenvalue weighted by atomic mass is 16.2. The van der Waals surface area contributed by atoms with E-state index in [9.17, 15) is 4.79 Å². The molecule has 2 rings (SSSR count). The standard InChI is InChI=1S/C14H24N6O/c1-4-11-17-12(19-15)9(2)13(18-11)20-8-6-5-7-10(20)14(21)16-3/h10H,4-8,15H2,1-3H3,(H,16,21)(H,17,18,19). The van der Waals surface area contributed by atoms with Crippen LogP contribution in [0.3, 0.4) is 0 Å². The fraction of sp³-hybridized carbons (Fsp3) is 0.643. The molecule has 7 nitrogen and oxygen atoms in total. The molecule has 2 heterocycles. The van der Waals surface area contributed by atoms with Crippen molar-refractivity contribution in [2.75, 3.05) is 23.9 Å². The highest BCUT2D eigenvalue weighted by molar-refractivity contribution is 5.85. The van der Waals surface area contributed by atoms with Gasteiger partial charge in [-0.25, -0.2) is 15.8 Å². The molecule has 1 aromatic heterocycles. The predicted molar refractivity (Wildman–Crippen MR) is 83.0 cm³/mol. The maximum absolute atomic E-state index is 12.1. The third-order valence-electron chi connectivity index (χ3n) is 3.94. The minimum Gasteiger partial charge on any atom is -0.357 e. The zero-order valence-electron chi connectivity index (χ0n) is 12.9. The van der Waals surface area contributed by atoms with Crippen LogP contribution in [0.4, 0.5) is 11.6 Å². The van der Waals surface area contributed by atoms with Crippen molar-refractivity contribution in [1.29, 1.82) is 0 Å². The summed E-state index contributed by atoms with van der Waals surface area (Å²) in [6.07, 6.45) is 3.68. The Labute approximate surface area is 125 Å². The molecule has 0 aromatic carbocycles. The first-order valence-electron chi connectivity index (χ1n) is 7.44. The second kappa shape index (κ2) is 6.71. The largest absolute Gasteiger partial charge is 0.357 e. The van der Waals surface area contributed by atoms with Crippen molar-refractivity contribution in [3.05, 3.63) is 11.4 Å². The lowest BCUT2D eigenvalue weighted by Crippen LogP contribution is -2.49. The number of likely N-dealkylation sites (N-methyl/N-ethyl adjacent to an activating group) is 1. The summed E-state index contributed by atoms with van der Waals surface area (Å²) in [5, 5.41) is 2.75. The fourth-order valence-electron chi connectivity index (χ4n) is 2.75. The Bertz CT molecular complexity index is 518. The van der Waals surface area contributed by atoms with Gasteiger partial charge in [-0.1, -0.05) is 6.92 Å². The van der Waals surface area contributed by atoms with Gasteiger partial charge in [0, 0.05) is 25.6 Å². The summed E-state index contributed by atoms with van der Waals surface area (Å²) in [6.45, 7) is 4.75. The van der Waals surface area contributed by atoms with E-state index in [1.54, 1.807) is 7.05 Å². The van der Waals surface area contributed by atoms with Crippen molar-refractivity contribution in [1.82, 2.24) is 15.3 Å². The number of aromatic nitrogens is 2. The smallest absolute Gasteiger partial charge is 0.242 e. The lowest BCUT2D eigenvalue weighted by molar-refractivity contribution is -0.122. The lowest BCUT2D eigenvalue weighted by Gasteiger charge is -2.36. The van der Waals surface area contributed by atoms with Crippen molar-refractivity contribution in [3.8, 4) is 0 Å². The molecular formula is C14H24N6O. The average molecular weight is 292 g/mol. The molecule has 4 N–H and O–H groups in total. The Hall–Kier alpha value is -1.89. The van der Waals surface area contributed by atoms with Crippen molar-refractivity contribution in [3.63, 3.8) is 0 Å². The fourth-order valence-corrected chi connectivity index (χ4v) is 2.75. The Kier molecular flexibility index (Phi) is 4.95. The van der Waals surface area contributed by atoms with Crippen LogP contribution in [-0.4, -0.2) is 35.5 Å². The molecule has 0 radical (unpaired) electrons. The number of hydrogen-bond acceptors (Lipinski definition) is 6. The molecule has 1 aromatic rings. The first-order chi connectivity index (χ1) is 10.1. The van der Waals surface area contributed by atoms with Gasteiger partial charge in [-0.05, 0) is 26.2 Å². The van der Waals surface area contributed by atoms with Crippen LogP contribution in [0.2, 0.25) is 0 Å². The van der Waals surface area contributed by atoms with Crippen LogP contribution in [0, 0.1) is 6.92 Å². The van der Waals surface area contributed by atoms with Gasteiger partial charge in [0.1, 0.15) is 23.5 Å². The van der Waals surface area contributed by atoms with Gasteiger partial charge in [0.25, 0.3) is 0 Å². The highest BCUT2D eigenvalue weighted by Crippen LogP contribution is 2.29. The van der Waals surface area contributed by atoms with Crippen molar-refractivity contribution < 1.29 is 4.79 Å². The van der Waals surface area contributed by atoms with Crippen LogP contribution >= 0.6 is 0 Å². The molecule has 0 aliphatic carbocycles. The number of nitrogens with two attached hydrogens (primary N) is 1. The number of piperidine rings is 1. The molecule has 0 spiro atoms. The molecule has 1 aliphatic heterocycles. The van der Waals surface area contributed by atoms with Crippen LogP contribution in [-0.2, 0) is 11.2 Å². The summed E-state index contributed by atoms with van der Waals surface area (Å²) in [5.74, 6) is 7.75. The van der Waals surface area contributed by atoms with Crippen LogP contribution < -0.4 is 21.5 Å². The van der Waals surface area contributed by atoms with Crippen molar-refractivity contribution in [2.45, 2.75) is 45.6 Å². The number of amides is 1. The number of hydrazine groups is 1. The van der Waals surface area contributed by atoms with E-state index in [2.05, 4.69) is 25.6 Å². The van der Waals surface area contributed by atoms with Gasteiger partial charge >= 0.3 is 0 Å². The monoisotopic (exact) mass is 292 g/mol. The summed E-state index contributed by atoms with van der Waals surface area (Å²) >= 11 is 0. The van der Waals surface area contributed by atoms with Crippen LogP contribution in [0.15, 0.2) is 0 Å². The Balaban J connectivity index is 2.44. The van der Waals surface area contributed by atoms with Crippen molar-refractivity contribution in [2.24, 2.45) is 5.84 Å². The molecule has 1 saturated heterocycles. The predicted octanol–water partition coefficient (Wildman–Crippen LogP) is 0.738. The Morgan fingerprint density at radius 3 is 2.81 bits per heavy atom. The first kappa shape index (κ1) is 15.5. The molecule has 0 bridgehead atoms. The second-order valence-corrected chi connectivity index (χ2v) is 5.25. The molecule has 1 atom stereocenters. The maximum atomic E-state index is 12.1. The number of nitrogens with zero attached hydrogens (tertiary/aromatic N) is 3. The van der Waals surface area contributed by atoms with E-state index in [0.717, 1.165) is 49.4 Å². The van der Waals surface area contributed by atoms with E-state index >= 15 is 0 Å². The summed E-state index contributed by atoms with van der Waals surface area (Å²) in [5.41, 5.74) is 3.51. The van der Waals surface area contributed by atoms with E-state index in [-0.39, 0.29) is 11.9 Å². The van der Waals surface area contributed by atoms with Crippen LogP contribution in [0.5, 0.6) is 0 Å². The van der Waals surface area contributed by atoms with Gasteiger partial charge in [-0.2, -0.15) is 0 Å². The molecule has 1 amide bonds. The van der Waals surface area contributed by atoms with E-state index in [0.29, 0.717) is 5.82 Å². The number of aryl methyl sites for hydroxylation is 1. The van der Waals surface area contributed by atoms with E-state index in [4.69, 9.17) is 5.84 Å². The maximum Gasteiger partial charge on any atom is 0.242 e. The number of nitrogens with one attached hydrogen (secondary N) is 2. The zero-order valence-corrected chi connectivity index (χ0v) is 12.9.